The summed E-state index contributed by atoms with van der Waals surface area (Å²) in [4.78, 5) is 8.85. The molecule has 118 valence electrons. The molecule has 1 aromatic rings. The molecule has 1 aromatic heterocycles. The van der Waals surface area contributed by atoms with Gasteiger partial charge < -0.3 is 14.8 Å². The van der Waals surface area contributed by atoms with Crippen LogP contribution in [0, 0.1) is 5.92 Å². The first-order valence-corrected chi connectivity index (χ1v) is 8.05. The fourth-order valence-corrected chi connectivity index (χ4v) is 2.64. The topological polar surface area (TPSA) is 56.3 Å². The summed E-state index contributed by atoms with van der Waals surface area (Å²) in [6.45, 7) is 4.19. The van der Waals surface area contributed by atoms with Gasteiger partial charge in [0.1, 0.15) is 12.4 Å². The molecule has 0 bridgehead atoms. The lowest BCUT2D eigenvalue weighted by molar-refractivity contribution is 0.173. The number of rotatable bonds is 8. The maximum Gasteiger partial charge on any atom is 0.218 e. The Balaban J connectivity index is 1.96. The Labute approximate surface area is 127 Å². The van der Waals surface area contributed by atoms with Crippen LogP contribution in [-0.4, -0.2) is 30.2 Å². The highest BCUT2D eigenvalue weighted by Gasteiger charge is 2.15. The van der Waals surface area contributed by atoms with E-state index in [0.29, 0.717) is 24.2 Å². The van der Waals surface area contributed by atoms with Gasteiger partial charge in [0, 0.05) is 19.7 Å². The SMILES string of the molecule is CCCNc1cc(OCC2CCCCC2)nc(COC)n1. The second-order valence-corrected chi connectivity index (χ2v) is 5.68. The van der Waals surface area contributed by atoms with E-state index in [9.17, 15) is 0 Å². The molecule has 0 amide bonds. The van der Waals surface area contributed by atoms with Gasteiger partial charge in [-0.15, -0.1) is 0 Å². The van der Waals surface area contributed by atoms with Gasteiger partial charge in [0.2, 0.25) is 5.88 Å². The number of anilines is 1. The highest BCUT2D eigenvalue weighted by molar-refractivity contribution is 5.38. The molecule has 0 saturated heterocycles. The van der Waals surface area contributed by atoms with Crippen molar-refractivity contribution in [2.45, 2.75) is 52.1 Å². The van der Waals surface area contributed by atoms with Crippen LogP contribution >= 0.6 is 0 Å². The summed E-state index contributed by atoms with van der Waals surface area (Å²) in [5, 5.41) is 3.28. The maximum absolute atomic E-state index is 5.91. The summed E-state index contributed by atoms with van der Waals surface area (Å²) in [7, 11) is 1.65. The van der Waals surface area contributed by atoms with Crippen molar-refractivity contribution in [3.8, 4) is 5.88 Å². The molecular weight excluding hydrogens is 266 g/mol. The second kappa shape index (κ2) is 8.82. The van der Waals surface area contributed by atoms with Gasteiger partial charge in [-0.1, -0.05) is 26.2 Å². The van der Waals surface area contributed by atoms with Crippen LogP contribution in [0.2, 0.25) is 0 Å². The van der Waals surface area contributed by atoms with Crippen molar-refractivity contribution >= 4 is 5.82 Å². The van der Waals surface area contributed by atoms with Gasteiger partial charge in [-0.2, -0.15) is 4.98 Å². The first-order chi connectivity index (χ1) is 10.3. The normalized spacial score (nSPS) is 15.9. The Hall–Kier alpha value is -1.36. The van der Waals surface area contributed by atoms with E-state index in [0.717, 1.165) is 25.4 Å². The molecule has 0 spiro atoms. The van der Waals surface area contributed by atoms with Crippen molar-refractivity contribution in [3.05, 3.63) is 11.9 Å². The summed E-state index contributed by atoms with van der Waals surface area (Å²) in [6, 6.07) is 1.89. The fraction of sp³-hybridized carbons (Fsp3) is 0.750. The molecule has 5 nitrogen and oxygen atoms in total. The highest BCUT2D eigenvalue weighted by atomic mass is 16.5. The zero-order valence-electron chi connectivity index (χ0n) is 13.2. The molecule has 0 unspecified atom stereocenters. The minimum Gasteiger partial charge on any atom is -0.477 e. The second-order valence-electron chi connectivity index (χ2n) is 5.68. The minimum atomic E-state index is 0.404. The number of hydrogen-bond donors (Lipinski definition) is 1. The molecular formula is C16H27N3O2. The zero-order valence-corrected chi connectivity index (χ0v) is 13.2. The average molecular weight is 293 g/mol. The van der Waals surface area contributed by atoms with Gasteiger partial charge in [-0.3, -0.25) is 0 Å². The van der Waals surface area contributed by atoms with E-state index in [4.69, 9.17) is 9.47 Å². The van der Waals surface area contributed by atoms with Crippen LogP contribution < -0.4 is 10.1 Å². The summed E-state index contributed by atoms with van der Waals surface area (Å²) in [5.74, 6) is 2.81. The van der Waals surface area contributed by atoms with Crippen LogP contribution in [0.1, 0.15) is 51.3 Å². The average Bonchev–Trinajstić information content (AvgIpc) is 2.52. The molecule has 2 rings (SSSR count). The van der Waals surface area contributed by atoms with Gasteiger partial charge in [0.05, 0.1) is 6.61 Å². The molecule has 1 aliphatic rings. The number of hydrogen-bond acceptors (Lipinski definition) is 5. The molecule has 1 N–H and O–H groups in total. The van der Waals surface area contributed by atoms with E-state index >= 15 is 0 Å². The van der Waals surface area contributed by atoms with Crippen LogP contribution in [0.3, 0.4) is 0 Å². The molecule has 1 fully saturated rings. The summed E-state index contributed by atoms with van der Waals surface area (Å²) < 4.78 is 11.0. The molecule has 0 aromatic carbocycles. The number of methoxy groups -OCH3 is 1. The Morgan fingerprint density at radius 3 is 2.76 bits per heavy atom. The van der Waals surface area contributed by atoms with Crippen LogP contribution in [0.5, 0.6) is 5.88 Å². The van der Waals surface area contributed by atoms with Gasteiger partial charge in [0.25, 0.3) is 0 Å². The maximum atomic E-state index is 5.91. The van der Waals surface area contributed by atoms with E-state index in [1.54, 1.807) is 7.11 Å². The Morgan fingerprint density at radius 1 is 1.24 bits per heavy atom. The Kier molecular flexibility index (Phi) is 6.73. The summed E-state index contributed by atoms with van der Waals surface area (Å²) >= 11 is 0. The van der Waals surface area contributed by atoms with Crippen LogP contribution in [0.4, 0.5) is 5.82 Å². The van der Waals surface area contributed by atoms with E-state index in [2.05, 4.69) is 22.2 Å². The molecule has 21 heavy (non-hydrogen) atoms. The largest absolute Gasteiger partial charge is 0.477 e. The smallest absolute Gasteiger partial charge is 0.218 e. The third-order valence-electron chi connectivity index (χ3n) is 3.77. The molecule has 1 heterocycles. The first kappa shape index (κ1) is 16.0. The lowest BCUT2D eigenvalue weighted by Crippen LogP contribution is -2.16. The van der Waals surface area contributed by atoms with Crippen molar-refractivity contribution in [2.75, 3.05) is 25.6 Å². The monoisotopic (exact) mass is 293 g/mol. The van der Waals surface area contributed by atoms with E-state index in [-0.39, 0.29) is 0 Å². The fourth-order valence-electron chi connectivity index (χ4n) is 2.64. The van der Waals surface area contributed by atoms with Crippen LogP contribution in [-0.2, 0) is 11.3 Å². The molecule has 0 atom stereocenters. The molecule has 0 aliphatic heterocycles. The third-order valence-corrected chi connectivity index (χ3v) is 3.77. The third kappa shape index (κ3) is 5.50. The molecule has 1 aliphatic carbocycles. The zero-order chi connectivity index (χ0) is 14.9. The standard InChI is InChI=1S/C16H27N3O2/c1-3-9-17-14-10-16(19-15(18-14)12-20-2)21-11-13-7-5-4-6-8-13/h10,13H,3-9,11-12H2,1-2H3,(H,17,18,19). The van der Waals surface area contributed by atoms with Gasteiger partial charge in [0.15, 0.2) is 5.82 Å². The number of aromatic nitrogens is 2. The predicted molar refractivity (Wildman–Crippen MR) is 83.6 cm³/mol. The first-order valence-electron chi connectivity index (χ1n) is 8.05. The summed E-state index contributed by atoms with van der Waals surface area (Å²) in [5.41, 5.74) is 0. The van der Waals surface area contributed by atoms with Crippen molar-refractivity contribution < 1.29 is 9.47 Å². The van der Waals surface area contributed by atoms with Gasteiger partial charge >= 0.3 is 0 Å². The minimum absolute atomic E-state index is 0.404. The molecule has 5 heteroatoms. The lowest BCUT2D eigenvalue weighted by atomic mass is 9.90. The molecule has 1 saturated carbocycles. The molecule has 0 radical (unpaired) electrons. The van der Waals surface area contributed by atoms with Crippen LogP contribution in [0.15, 0.2) is 6.07 Å². The Bertz CT molecular complexity index is 420. The predicted octanol–water partition coefficient (Wildman–Crippen LogP) is 3.40. The van der Waals surface area contributed by atoms with Crippen molar-refractivity contribution in [1.29, 1.82) is 0 Å². The number of nitrogens with zero attached hydrogens (tertiary/aromatic N) is 2. The van der Waals surface area contributed by atoms with Crippen molar-refractivity contribution in [3.63, 3.8) is 0 Å². The lowest BCUT2D eigenvalue weighted by Gasteiger charge is -2.21. The van der Waals surface area contributed by atoms with Gasteiger partial charge in [-0.25, -0.2) is 4.98 Å². The van der Waals surface area contributed by atoms with Crippen molar-refractivity contribution in [1.82, 2.24) is 9.97 Å². The van der Waals surface area contributed by atoms with E-state index < -0.39 is 0 Å². The van der Waals surface area contributed by atoms with E-state index in [1.807, 2.05) is 6.07 Å². The van der Waals surface area contributed by atoms with Crippen molar-refractivity contribution in [2.24, 2.45) is 5.92 Å². The highest BCUT2D eigenvalue weighted by Crippen LogP contribution is 2.24. The van der Waals surface area contributed by atoms with E-state index in [1.165, 1.54) is 32.1 Å². The van der Waals surface area contributed by atoms with Gasteiger partial charge in [-0.05, 0) is 25.2 Å². The van der Waals surface area contributed by atoms with Crippen LogP contribution in [0.25, 0.3) is 0 Å². The summed E-state index contributed by atoms with van der Waals surface area (Å²) in [6.07, 6.45) is 7.63. The number of nitrogens with one attached hydrogen (secondary N) is 1. The quantitative estimate of drug-likeness (QED) is 0.796. The Morgan fingerprint density at radius 2 is 2.05 bits per heavy atom. The number of ether oxygens (including phenoxy) is 2.